The zero-order valence-corrected chi connectivity index (χ0v) is 13.1. The summed E-state index contributed by atoms with van der Waals surface area (Å²) in [4.78, 5) is 11.0. The van der Waals surface area contributed by atoms with Crippen molar-refractivity contribution in [2.24, 2.45) is 5.92 Å². The lowest BCUT2D eigenvalue weighted by atomic mass is 10.0. The molecule has 112 valence electrons. The van der Waals surface area contributed by atoms with Gasteiger partial charge in [0.2, 0.25) is 0 Å². The van der Waals surface area contributed by atoms with Crippen LogP contribution in [0.4, 0.5) is 4.39 Å². The molecule has 1 aromatic heterocycles. The maximum Gasteiger partial charge on any atom is 0.305 e. The Hall–Kier alpha value is -1.83. The second-order valence-electron chi connectivity index (χ2n) is 4.99. The molecule has 1 aromatic carbocycles. The lowest BCUT2D eigenvalue weighted by Gasteiger charge is -2.20. The van der Waals surface area contributed by atoms with E-state index in [2.05, 4.69) is 31.5 Å². The highest BCUT2D eigenvalue weighted by molar-refractivity contribution is 9.10. The first kappa shape index (κ1) is 15.6. The minimum Gasteiger partial charge on any atom is -0.481 e. The van der Waals surface area contributed by atoms with Crippen LogP contribution in [-0.2, 0) is 4.79 Å². The summed E-state index contributed by atoms with van der Waals surface area (Å²) in [7, 11) is 0. The average molecular weight is 357 g/mol. The molecule has 0 fully saturated rings. The van der Waals surface area contributed by atoms with Crippen molar-refractivity contribution in [1.29, 1.82) is 0 Å². The van der Waals surface area contributed by atoms with Crippen LogP contribution in [0.1, 0.15) is 26.3 Å². The smallest absolute Gasteiger partial charge is 0.305 e. The predicted octanol–water partition coefficient (Wildman–Crippen LogP) is 2.91. The van der Waals surface area contributed by atoms with Crippen molar-refractivity contribution in [3.05, 3.63) is 28.5 Å². The van der Waals surface area contributed by atoms with Crippen molar-refractivity contribution in [3.63, 3.8) is 0 Å². The summed E-state index contributed by atoms with van der Waals surface area (Å²) in [6.07, 6.45) is -0.102. The van der Waals surface area contributed by atoms with Gasteiger partial charge < -0.3 is 5.11 Å². The number of aromatic nitrogens is 4. The Morgan fingerprint density at radius 1 is 1.48 bits per heavy atom. The maximum absolute atomic E-state index is 13.7. The van der Waals surface area contributed by atoms with Gasteiger partial charge in [0, 0.05) is 5.56 Å². The monoisotopic (exact) mass is 356 g/mol. The van der Waals surface area contributed by atoms with Gasteiger partial charge in [-0.1, -0.05) is 13.8 Å². The summed E-state index contributed by atoms with van der Waals surface area (Å²) in [6, 6.07) is 4.14. The van der Waals surface area contributed by atoms with Gasteiger partial charge >= 0.3 is 5.97 Å². The highest BCUT2D eigenvalue weighted by Crippen LogP contribution is 2.28. The van der Waals surface area contributed by atoms with Crippen LogP contribution in [0.5, 0.6) is 0 Å². The maximum atomic E-state index is 13.7. The Morgan fingerprint density at radius 3 is 2.76 bits per heavy atom. The first-order valence-corrected chi connectivity index (χ1v) is 7.14. The molecule has 0 aliphatic heterocycles. The number of tetrazole rings is 1. The number of carboxylic acids is 1. The Labute approximate surface area is 129 Å². The molecule has 21 heavy (non-hydrogen) atoms. The normalized spacial score (nSPS) is 12.6. The molecule has 0 bridgehead atoms. The Balaban J connectivity index is 2.45. The van der Waals surface area contributed by atoms with Gasteiger partial charge in [-0.2, -0.15) is 0 Å². The second kappa shape index (κ2) is 6.30. The van der Waals surface area contributed by atoms with E-state index in [0.717, 1.165) is 0 Å². The van der Waals surface area contributed by atoms with Crippen molar-refractivity contribution < 1.29 is 14.3 Å². The van der Waals surface area contributed by atoms with Crippen LogP contribution in [-0.4, -0.2) is 31.3 Å². The molecule has 0 saturated heterocycles. The van der Waals surface area contributed by atoms with Gasteiger partial charge in [-0.05, 0) is 50.5 Å². The fourth-order valence-electron chi connectivity index (χ4n) is 2.03. The molecule has 2 aromatic rings. The van der Waals surface area contributed by atoms with E-state index < -0.39 is 17.8 Å². The zero-order valence-electron chi connectivity index (χ0n) is 11.5. The van der Waals surface area contributed by atoms with E-state index >= 15 is 0 Å². The van der Waals surface area contributed by atoms with Gasteiger partial charge in [-0.25, -0.2) is 9.07 Å². The van der Waals surface area contributed by atoms with Gasteiger partial charge in [-0.15, -0.1) is 5.10 Å². The molecular weight excluding hydrogens is 343 g/mol. The van der Waals surface area contributed by atoms with Crippen LogP contribution >= 0.6 is 15.9 Å². The third-order valence-electron chi connectivity index (χ3n) is 3.14. The fourth-order valence-corrected chi connectivity index (χ4v) is 2.27. The molecular formula is C13H14BrFN4O2. The number of hydrogen-bond acceptors (Lipinski definition) is 4. The number of benzene rings is 1. The molecule has 6 nitrogen and oxygen atoms in total. The molecule has 0 radical (unpaired) electrons. The van der Waals surface area contributed by atoms with Crippen molar-refractivity contribution in [2.45, 2.75) is 26.3 Å². The Bertz CT molecular complexity index is 659. The number of aliphatic carboxylic acids is 1. The fraction of sp³-hybridized carbons (Fsp3) is 0.385. The molecule has 1 N–H and O–H groups in total. The minimum absolute atomic E-state index is 0.0173. The molecule has 0 saturated carbocycles. The first-order valence-electron chi connectivity index (χ1n) is 6.35. The van der Waals surface area contributed by atoms with Crippen molar-refractivity contribution in [2.75, 3.05) is 0 Å². The molecule has 1 heterocycles. The number of carboxylic acid groups (broad SMARTS) is 1. The van der Waals surface area contributed by atoms with Crippen molar-refractivity contribution in [3.8, 4) is 11.4 Å². The standard InChI is InChI=1S/C13H14BrFN4O2/c1-7(2)11(6-12(20)21)19-13(16-17-18-19)8-3-4-9(14)10(15)5-8/h3-5,7,11H,6H2,1-2H3,(H,20,21). The lowest BCUT2D eigenvalue weighted by Crippen LogP contribution is -2.21. The molecule has 0 aliphatic carbocycles. The van der Waals surface area contributed by atoms with E-state index in [4.69, 9.17) is 5.11 Å². The summed E-state index contributed by atoms with van der Waals surface area (Å²) >= 11 is 3.08. The number of nitrogens with zero attached hydrogens (tertiary/aromatic N) is 4. The lowest BCUT2D eigenvalue weighted by molar-refractivity contribution is -0.138. The topological polar surface area (TPSA) is 80.9 Å². The second-order valence-corrected chi connectivity index (χ2v) is 5.84. The van der Waals surface area contributed by atoms with Crippen LogP contribution in [0.3, 0.4) is 0 Å². The van der Waals surface area contributed by atoms with Gasteiger partial charge in [0.1, 0.15) is 5.82 Å². The van der Waals surface area contributed by atoms with E-state index in [1.807, 2.05) is 13.8 Å². The molecule has 2 rings (SSSR count). The number of hydrogen-bond donors (Lipinski definition) is 1. The van der Waals surface area contributed by atoms with Crippen molar-refractivity contribution in [1.82, 2.24) is 20.2 Å². The predicted molar refractivity (Wildman–Crippen MR) is 77.0 cm³/mol. The summed E-state index contributed by atoms with van der Waals surface area (Å²) in [6.45, 7) is 3.78. The van der Waals surface area contributed by atoms with Crippen LogP contribution in [0.2, 0.25) is 0 Å². The molecule has 0 amide bonds. The van der Waals surface area contributed by atoms with Crippen molar-refractivity contribution >= 4 is 21.9 Å². The summed E-state index contributed by atoms with van der Waals surface area (Å²) in [5.41, 5.74) is 0.497. The number of halogens is 2. The first-order chi connectivity index (χ1) is 9.90. The van der Waals surface area contributed by atoms with E-state index in [1.54, 1.807) is 12.1 Å². The van der Waals surface area contributed by atoms with Crippen LogP contribution in [0.15, 0.2) is 22.7 Å². The van der Waals surface area contributed by atoms with Gasteiger partial charge in [0.05, 0.1) is 16.9 Å². The van der Waals surface area contributed by atoms with E-state index in [9.17, 15) is 9.18 Å². The Morgan fingerprint density at radius 2 is 2.19 bits per heavy atom. The largest absolute Gasteiger partial charge is 0.481 e. The van der Waals surface area contributed by atoms with Gasteiger partial charge in [0.15, 0.2) is 5.82 Å². The summed E-state index contributed by atoms with van der Waals surface area (Å²) in [5.74, 6) is -0.997. The average Bonchev–Trinajstić information content (AvgIpc) is 2.87. The quantitative estimate of drug-likeness (QED) is 0.890. The molecule has 0 spiro atoms. The molecule has 1 atom stereocenters. The zero-order chi connectivity index (χ0) is 15.6. The summed E-state index contributed by atoms with van der Waals surface area (Å²) in [5, 5.41) is 20.4. The number of carbonyl (C=O) groups is 1. The van der Waals surface area contributed by atoms with E-state index in [-0.39, 0.29) is 12.3 Å². The van der Waals surface area contributed by atoms with Gasteiger partial charge in [-0.3, -0.25) is 4.79 Å². The molecule has 0 aliphatic rings. The minimum atomic E-state index is -0.933. The van der Waals surface area contributed by atoms with E-state index in [1.165, 1.54) is 10.7 Å². The molecule has 1 unspecified atom stereocenters. The number of rotatable bonds is 5. The van der Waals surface area contributed by atoms with Crippen LogP contribution in [0, 0.1) is 11.7 Å². The van der Waals surface area contributed by atoms with Crippen LogP contribution < -0.4 is 0 Å². The van der Waals surface area contributed by atoms with Crippen LogP contribution in [0.25, 0.3) is 11.4 Å². The summed E-state index contributed by atoms with van der Waals surface area (Å²) < 4.78 is 15.4. The third kappa shape index (κ3) is 3.44. The van der Waals surface area contributed by atoms with E-state index in [0.29, 0.717) is 15.9 Å². The highest BCUT2D eigenvalue weighted by atomic mass is 79.9. The Kier molecular flexibility index (Phi) is 4.66. The SMILES string of the molecule is CC(C)C(CC(=O)O)n1nnnc1-c1ccc(Br)c(F)c1. The third-order valence-corrected chi connectivity index (χ3v) is 3.78. The highest BCUT2D eigenvalue weighted by Gasteiger charge is 2.24. The van der Waals surface area contributed by atoms with Gasteiger partial charge in [0.25, 0.3) is 0 Å². The molecule has 8 heteroatoms.